The summed E-state index contributed by atoms with van der Waals surface area (Å²) >= 11 is 9.40. The molecule has 2 N–H and O–H groups in total. The van der Waals surface area contributed by atoms with E-state index >= 15 is 0 Å². The van der Waals surface area contributed by atoms with E-state index in [1.807, 2.05) is 12.1 Å². The van der Waals surface area contributed by atoms with Gasteiger partial charge in [0.2, 0.25) is 0 Å². The van der Waals surface area contributed by atoms with Gasteiger partial charge in [0.05, 0.1) is 5.92 Å². The van der Waals surface area contributed by atoms with E-state index < -0.39 is 11.9 Å². The van der Waals surface area contributed by atoms with Crippen LogP contribution in [0.2, 0.25) is 5.02 Å². The number of nitrogens with zero attached hydrogens (tertiary/aromatic N) is 1. The van der Waals surface area contributed by atoms with Crippen LogP contribution in [0.15, 0.2) is 22.7 Å². The number of urea groups is 1. The first kappa shape index (κ1) is 17.1. The minimum Gasteiger partial charge on any atom is -0.481 e. The second-order valence-electron chi connectivity index (χ2n) is 5.34. The number of carbonyl (C=O) groups excluding carboxylic acids is 1. The third-order valence-electron chi connectivity index (χ3n) is 3.74. The van der Waals surface area contributed by atoms with Crippen molar-refractivity contribution in [2.45, 2.75) is 19.3 Å². The van der Waals surface area contributed by atoms with Crippen LogP contribution in [0, 0.1) is 5.92 Å². The Morgan fingerprint density at radius 1 is 1.45 bits per heavy atom. The minimum absolute atomic E-state index is 0.205. The maximum Gasteiger partial charge on any atom is 0.317 e. The quantitative estimate of drug-likeness (QED) is 0.831. The molecule has 2 amide bonds. The maximum absolute atomic E-state index is 12.1. The summed E-state index contributed by atoms with van der Waals surface area (Å²) in [5.41, 5.74) is 1.02. The average Bonchev–Trinajstić information content (AvgIpc) is 2.50. The van der Waals surface area contributed by atoms with Crippen molar-refractivity contribution in [2.24, 2.45) is 5.92 Å². The third kappa shape index (κ3) is 4.61. The van der Waals surface area contributed by atoms with Crippen molar-refractivity contribution in [3.63, 3.8) is 0 Å². The summed E-state index contributed by atoms with van der Waals surface area (Å²) in [6.45, 7) is 1.37. The monoisotopic (exact) mass is 388 g/mol. The highest BCUT2D eigenvalue weighted by molar-refractivity contribution is 9.10. The van der Waals surface area contributed by atoms with E-state index in [4.69, 9.17) is 16.7 Å². The number of hydrogen-bond donors (Lipinski definition) is 2. The molecule has 7 heteroatoms. The van der Waals surface area contributed by atoms with Crippen LogP contribution < -0.4 is 5.32 Å². The van der Waals surface area contributed by atoms with Gasteiger partial charge >= 0.3 is 12.0 Å². The zero-order chi connectivity index (χ0) is 16.1. The number of likely N-dealkylation sites (tertiary alicyclic amines) is 1. The summed E-state index contributed by atoms with van der Waals surface area (Å²) in [5, 5.41) is 12.5. The van der Waals surface area contributed by atoms with Gasteiger partial charge in [0.25, 0.3) is 0 Å². The predicted molar refractivity (Wildman–Crippen MR) is 88.2 cm³/mol. The Kier molecular flexibility index (Phi) is 6.08. The topological polar surface area (TPSA) is 69.6 Å². The maximum atomic E-state index is 12.1. The first-order valence-electron chi connectivity index (χ1n) is 7.17. The summed E-state index contributed by atoms with van der Waals surface area (Å²) in [7, 11) is 0. The Balaban J connectivity index is 1.82. The lowest BCUT2D eigenvalue weighted by molar-refractivity contribution is -0.143. The Bertz CT molecular complexity index is 568. The summed E-state index contributed by atoms with van der Waals surface area (Å²) in [5.74, 6) is -1.29. The summed E-state index contributed by atoms with van der Waals surface area (Å²) < 4.78 is 0.954. The van der Waals surface area contributed by atoms with Gasteiger partial charge < -0.3 is 15.3 Å². The number of carbonyl (C=O) groups is 2. The second kappa shape index (κ2) is 7.83. The fourth-order valence-electron chi connectivity index (χ4n) is 2.51. The molecule has 1 atom stereocenters. The van der Waals surface area contributed by atoms with Crippen molar-refractivity contribution in [1.29, 1.82) is 0 Å². The molecule has 1 saturated heterocycles. The largest absolute Gasteiger partial charge is 0.481 e. The molecule has 1 heterocycles. The van der Waals surface area contributed by atoms with Crippen LogP contribution in [0.1, 0.15) is 18.4 Å². The van der Waals surface area contributed by atoms with Gasteiger partial charge in [-0.2, -0.15) is 0 Å². The highest BCUT2D eigenvalue weighted by Crippen LogP contribution is 2.21. The molecular formula is C15H18BrClN2O3. The standard InChI is InChI=1S/C15H18BrClN2O3/c16-13-4-3-12(17)8-10(13)5-6-18-15(22)19-7-1-2-11(9-19)14(20)21/h3-4,8,11H,1-2,5-7,9H2,(H,18,22)(H,20,21). The number of halogens is 2. The van der Waals surface area contributed by atoms with Gasteiger partial charge in [0.1, 0.15) is 0 Å². The van der Waals surface area contributed by atoms with Crippen LogP contribution in [0.25, 0.3) is 0 Å². The van der Waals surface area contributed by atoms with Crippen LogP contribution >= 0.6 is 27.5 Å². The number of nitrogens with one attached hydrogen (secondary N) is 1. The molecule has 0 aliphatic carbocycles. The van der Waals surface area contributed by atoms with Crippen LogP contribution in [-0.4, -0.2) is 41.6 Å². The number of carboxylic acid groups (broad SMARTS) is 1. The molecule has 0 aromatic heterocycles. The van der Waals surface area contributed by atoms with Crippen LogP contribution in [0.5, 0.6) is 0 Å². The Labute approximate surface area is 142 Å². The molecule has 2 rings (SSSR count). The van der Waals surface area contributed by atoms with E-state index in [1.54, 1.807) is 11.0 Å². The van der Waals surface area contributed by atoms with Gasteiger partial charge in [-0.3, -0.25) is 4.79 Å². The molecule has 0 bridgehead atoms. The fourth-order valence-corrected chi connectivity index (χ4v) is 3.15. The first-order valence-corrected chi connectivity index (χ1v) is 8.34. The molecule has 1 aromatic carbocycles. The molecule has 0 spiro atoms. The van der Waals surface area contributed by atoms with E-state index in [0.717, 1.165) is 16.5 Å². The zero-order valence-electron chi connectivity index (χ0n) is 12.0. The Hall–Kier alpha value is -1.27. The van der Waals surface area contributed by atoms with E-state index in [0.29, 0.717) is 31.0 Å². The zero-order valence-corrected chi connectivity index (χ0v) is 14.4. The lowest BCUT2D eigenvalue weighted by atomic mass is 9.99. The van der Waals surface area contributed by atoms with Gasteiger partial charge in [-0.15, -0.1) is 0 Å². The fraction of sp³-hybridized carbons (Fsp3) is 0.467. The van der Waals surface area contributed by atoms with E-state index in [2.05, 4.69) is 21.2 Å². The molecule has 1 unspecified atom stereocenters. The molecule has 1 aliphatic heterocycles. The number of rotatable bonds is 4. The lowest BCUT2D eigenvalue weighted by Gasteiger charge is -2.30. The number of benzene rings is 1. The summed E-state index contributed by atoms with van der Waals surface area (Å²) in [6, 6.07) is 5.33. The summed E-state index contributed by atoms with van der Waals surface area (Å²) in [4.78, 5) is 24.7. The van der Waals surface area contributed by atoms with Crippen LogP contribution in [0.3, 0.4) is 0 Å². The Morgan fingerprint density at radius 2 is 2.23 bits per heavy atom. The molecule has 5 nitrogen and oxygen atoms in total. The van der Waals surface area contributed by atoms with Gasteiger partial charge in [-0.1, -0.05) is 27.5 Å². The van der Waals surface area contributed by atoms with E-state index in [-0.39, 0.29) is 12.6 Å². The molecule has 22 heavy (non-hydrogen) atoms. The number of amides is 2. The highest BCUT2D eigenvalue weighted by Gasteiger charge is 2.27. The van der Waals surface area contributed by atoms with Gasteiger partial charge in [-0.25, -0.2) is 4.79 Å². The average molecular weight is 390 g/mol. The number of carboxylic acids is 1. The molecule has 0 saturated carbocycles. The van der Waals surface area contributed by atoms with Crippen LogP contribution in [-0.2, 0) is 11.2 Å². The van der Waals surface area contributed by atoms with Crippen molar-refractivity contribution in [1.82, 2.24) is 10.2 Å². The lowest BCUT2D eigenvalue weighted by Crippen LogP contribution is -2.47. The van der Waals surface area contributed by atoms with Crippen molar-refractivity contribution in [2.75, 3.05) is 19.6 Å². The van der Waals surface area contributed by atoms with E-state index in [9.17, 15) is 9.59 Å². The third-order valence-corrected chi connectivity index (χ3v) is 4.74. The number of hydrogen-bond acceptors (Lipinski definition) is 2. The highest BCUT2D eigenvalue weighted by atomic mass is 79.9. The molecule has 120 valence electrons. The molecular weight excluding hydrogens is 372 g/mol. The number of piperidine rings is 1. The SMILES string of the molecule is O=C(O)C1CCCN(C(=O)NCCc2cc(Cl)ccc2Br)C1. The molecule has 1 aromatic rings. The summed E-state index contributed by atoms with van der Waals surface area (Å²) in [6.07, 6.45) is 2.02. The van der Waals surface area contributed by atoms with Gasteiger partial charge in [0.15, 0.2) is 0 Å². The minimum atomic E-state index is -0.833. The molecule has 0 radical (unpaired) electrons. The van der Waals surface area contributed by atoms with Crippen molar-refractivity contribution in [3.8, 4) is 0 Å². The Morgan fingerprint density at radius 3 is 2.95 bits per heavy atom. The first-order chi connectivity index (χ1) is 10.5. The van der Waals surface area contributed by atoms with E-state index in [1.165, 1.54) is 0 Å². The second-order valence-corrected chi connectivity index (χ2v) is 6.63. The van der Waals surface area contributed by atoms with Crippen molar-refractivity contribution in [3.05, 3.63) is 33.3 Å². The van der Waals surface area contributed by atoms with Gasteiger partial charge in [0, 0.05) is 29.1 Å². The van der Waals surface area contributed by atoms with Crippen molar-refractivity contribution < 1.29 is 14.7 Å². The molecule has 1 aliphatic rings. The predicted octanol–water partition coefficient (Wildman–Crippen LogP) is 3.15. The number of aliphatic carboxylic acids is 1. The van der Waals surface area contributed by atoms with Crippen molar-refractivity contribution >= 4 is 39.5 Å². The van der Waals surface area contributed by atoms with Crippen LogP contribution in [0.4, 0.5) is 4.79 Å². The molecule has 1 fully saturated rings. The normalized spacial score (nSPS) is 18.1. The van der Waals surface area contributed by atoms with Gasteiger partial charge in [-0.05, 0) is 43.0 Å². The smallest absolute Gasteiger partial charge is 0.317 e.